The molecule has 0 aromatic carbocycles. The molecule has 0 aromatic heterocycles. The number of hydrogen-bond donors (Lipinski definition) is 3. The van der Waals surface area contributed by atoms with Crippen LogP contribution in [0.25, 0.3) is 0 Å². The number of aliphatic hydroxyl groups excluding tert-OH is 1. The van der Waals surface area contributed by atoms with Crippen molar-refractivity contribution in [2.75, 3.05) is 0 Å². The van der Waals surface area contributed by atoms with Crippen molar-refractivity contribution in [2.45, 2.75) is 12.2 Å². The maximum atomic E-state index is 8.81. The molecular weight excluding hydrogens is 120 g/mol. The zero-order valence-corrected chi connectivity index (χ0v) is 4.78. The van der Waals surface area contributed by atoms with Gasteiger partial charge in [-0.15, -0.1) is 0 Å². The molecule has 0 amide bonds. The highest BCUT2D eigenvalue weighted by Gasteiger charge is 2.20. The van der Waals surface area contributed by atoms with Gasteiger partial charge >= 0.3 is 0 Å². The van der Waals surface area contributed by atoms with Crippen LogP contribution >= 0.6 is 0 Å². The number of aliphatic hydroxyl groups is 3. The first kappa shape index (κ1) is 6.32. The maximum Gasteiger partial charge on any atom is 0.190 e. The Morgan fingerprint density at radius 1 is 1.44 bits per heavy atom. The van der Waals surface area contributed by atoms with Crippen LogP contribution in [-0.2, 0) is 0 Å². The highest BCUT2D eigenvalue weighted by atomic mass is 16.5. The number of hydrogen-bond acceptors (Lipinski definition) is 3. The van der Waals surface area contributed by atoms with E-state index in [9.17, 15) is 0 Å². The van der Waals surface area contributed by atoms with Crippen LogP contribution in [0.3, 0.4) is 0 Å². The molecule has 9 heavy (non-hydrogen) atoms. The quantitative estimate of drug-likeness (QED) is 0.404. The van der Waals surface area contributed by atoms with Crippen molar-refractivity contribution in [3.05, 3.63) is 24.0 Å². The van der Waals surface area contributed by atoms with E-state index in [1.807, 2.05) is 0 Å². The molecule has 1 aliphatic carbocycles. The van der Waals surface area contributed by atoms with E-state index in [-0.39, 0.29) is 12.2 Å². The fraction of sp³-hybridized carbons (Fsp3) is 0.333. The summed E-state index contributed by atoms with van der Waals surface area (Å²) in [5.74, 6) is -1.95. The van der Waals surface area contributed by atoms with Gasteiger partial charge in [-0.3, -0.25) is 0 Å². The van der Waals surface area contributed by atoms with Crippen LogP contribution in [0.4, 0.5) is 0 Å². The van der Waals surface area contributed by atoms with Gasteiger partial charge in [0.2, 0.25) is 0 Å². The zero-order valence-electron chi connectivity index (χ0n) is 4.78. The number of rotatable bonds is 0. The molecule has 1 rings (SSSR count). The van der Waals surface area contributed by atoms with Crippen LogP contribution in [-0.4, -0.2) is 21.1 Å². The van der Waals surface area contributed by atoms with E-state index in [1.165, 1.54) is 12.2 Å². The summed E-state index contributed by atoms with van der Waals surface area (Å²) in [4.78, 5) is 0. The summed E-state index contributed by atoms with van der Waals surface area (Å²) >= 11 is 0. The zero-order chi connectivity index (χ0) is 6.91. The van der Waals surface area contributed by atoms with Crippen LogP contribution < -0.4 is 0 Å². The smallest absolute Gasteiger partial charge is 0.190 e. The van der Waals surface area contributed by atoms with E-state index in [1.54, 1.807) is 0 Å². The Kier molecular flexibility index (Phi) is 1.31. The molecule has 1 aliphatic rings. The molecule has 0 spiro atoms. The van der Waals surface area contributed by atoms with Crippen molar-refractivity contribution in [1.82, 2.24) is 0 Å². The predicted molar refractivity (Wildman–Crippen MR) is 31.6 cm³/mol. The van der Waals surface area contributed by atoms with Crippen molar-refractivity contribution < 1.29 is 15.3 Å². The Labute approximate surface area is 52.6 Å². The Bertz CT molecular complexity index is 167. The van der Waals surface area contributed by atoms with Crippen LogP contribution in [0, 0.1) is 0 Å². The van der Waals surface area contributed by atoms with E-state index in [0.717, 1.165) is 6.08 Å². The maximum absolute atomic E-state index is 8.81. The minimum absolute atomic E-state index is 0.105. The Morgan fingerprint density at radius 2 is 2.11 bits per heavy atom. The summed E-state index contributed by atoms with van der Waals surface area (Å²) in [5.41, 5.74) is 0. The summed E-state index contributed by atoms with van der Waals surface area (Å²) in [7, 11) is 0. The highest BCUT2D eigenvalue weighted by molar-refractivity contribution is 5.19. The van der Waals surface area contributed by atoms with Gasteiger partial charge in [-0.25, -0.2) is 0 Å². The van der Waals surface area contributed by atoms with Gasteiger partial charge in [0.05, 0.1) is 0 Å². The van der Waals surface area contributed by atoms with Crippen LogP contribution in [0.5, 0.6) is 0 Å². The molecule has 0 aromatic rings. The third-order valence-corrected chi connectivity index (χ3v) is 1.09. The molecule has 0 heterocycles. The largest absolute Gasteiger partial charge is 0.508 e. The molecule has 0 fully saturated rings. The molecule has 0 atom stereocenters. The first-order valence-electron chi connectivity index (χ1n) is 2.63. The Morgan fingerprint density at radius 3 is 2.44 bits per heavy atom. The van der Waals surface area contributed by atoms with Gasteiger partial charge < -0.3 is 15.3 Å². The summed E-state index contributed by atoms with van der Waals surface area (Å²) in [6.45, 7) is 0. The molecule has 0 radical (unpaired) electrons. The predicted octanol–water partition coefficient (Wildman–Crippen LogP) is 0.0691. The standard InChI is InChI=1S/C6H8O3/c7-5-2-1-3-6(8,9)4-5/h1-2,4,7-9H,3H2. The van der Waals surface area contributed by atoms with Crippen LogP contribution in [0.1, 0.15) is 6.42 Å². The highest BCUT2D eigenvalue weighted by Crippen LogP contribution is 2.15. The van der Waals surface area contributed by atoms with Gasteiger partial charge in [-0.1, -0.05) is 6.08 Å². The van der Waals surface area contributed by atoms with E-state index >= 15 is 0 Å². The molecular formula is C6H8O3. The molecule has 0 saturated carbocycles. The molecule has 3 nitrogen and oxygen atoms in total. The molecule has 0 saturated heterocycles. The third kappa shape index (κ3) is 1.55. The lowest BCUT2D eigenvalue weighted by atomic mass is 10.1. The van der Waals surface area contributed by atoms with Gasteiger partial charge in [0.25, 0.3) is 0 Å². The SMILES string of the molecule is OC1=CC(O)(O)CC=C1. The molecule has 0 bridgehead atoms. The minimum Gasteiger partial charge on any atom is -0.508 e. The number of allylic oxidation sites excluding steroid dienone is 1. The molecule has 3 heteroatoms. The molecule has 3 N–H and O–H groups in total. The fourth-order valence-corrected chi connectivity index (χ4v) is 0.697. The van der Waals surface area contributed by atoms with Gasteiger partial charge in [-0.2, -0.15) is 0 Å². The summed E-state index contributed by atoms with van der Waals surface area (Å²) in [5, 5.41) is 26.3. The average Bonchev–Trinajstić information content (AvgIpc) is 1.60. The molecule has 50 valence electrons. The Hall–Kier alpha value is -0.800. The van der Waals surface area contributed by atoms with Crippen molar-refractivity contribution in [3.8, 4) is 0 Å². The lowest BCUT2D eigenvalue weighted by Gasteiger charge is -2.17. The lowest BCUT2D eigenvalue weighted by Crippen LogP contribution is -2.25. The second-order valence-corrected chi connectivity index (χ2v) is 2.05. The van der Waals surface area contributed by atoms with E-state index in [2.05, 4.69) is 0 Å². The first-order chi connectivity index (χ1) is 4.10. The van der Waals surface area contributed by atoms with Gasteiger partial charge in [0, 0.05) is 12.5 Å². The van der Waals surface area contributed by atoms with Gasteiger partial charge in [0.15, 0.2) is 5.79 Å². The minimum atomic E-state index is -1.85. The molecule has 0 unspecified atom stereocenters. The van der Waals surface area contributed by atoms with Crippen molar-refractivity contribution in [1.29, 1.82) is 0 Å². The molecule has 0 aliphatic heterocycles. The van der Waals surface area contributed by atoms with Crippen molar-refractivity contribution in [2.24, 2.45) is 0 Å². The van der Waals surface area contributed by atoms with Crippen molar-refractivity contribution >= 4 is 0 Å². The monoisotopic (exact) mass is 128 g/mol. The van der Waals surface area contributed by atoms with Crippen LogP contribution in [0.2, 0.25) is 0 Å². The summed E-state index contributed by atoms with van der Waals surface area (Å²) < 4.78 is 0. The second-order valence-electron chi connectivity index (χ2n) is 2.05. The van der Waals surface area contributed by atoms with E-state index in [4.69, 9.17) is 15.3 Å². The Balaban J connectivity index is 2.78. The van der Waals surface area contributed by atoms with Gasteiger partial charge in [0.1, 0.15) is 5.76 Å². The average molecular weight is 128 g/mol. The fourth-order valence-electron chi connectivity index (χ4n) is 0.697. The van der Waals surface area contributed by atoms with E-state index in [0.29, 0.717) is 0 Å². The van der Waals surface area contributed by atoms with E-state index < -0.39 is 5.79 Å². The lowest BCUT2D eigenvalue weighted by molar-refractivity contribution is -0.117. The van der Waals surface area contributed by atoms with Crippen molar-refractivity contribution in [3.63, 3.8) is 0 Å². The normalized spacial score (nSPS) is 23.6. The third-order valence-electron chi connectivity index (χ3n) is 1.09. The van der Waals surface area contributed by atoms with Crippen LogP contribution in [0.15, 0.2) is 24.0 Å². The summed E-state index contributed by atoms with van der Waals surface area (Å²) in [6.07, 6.45) is 4.05. The topological polar surface area (TPSA) is 60.7 Å². The summed E-state index contributed by atoms with van der Waals surface area (Å²) in [6, 6.07) is 0. The first-order valence-corrected chi connectivity index (χ1v) is 2.63. The second kappa shape index (κ2) is 1.86. The van der Waals surface area contributed by atoms with Gasteiger partial charge in [-0.05, 0) is 6.08 Å².